The van der Waals surface area contributed by atoms with Gasteiger partial charge in [0.25, 0.3) is 0 Å². The second kappa shape index (κ2) is 7.22. The molecule has 1 rings (SSSR count). The highest BCUT2D eigenvalue weighted by Gasteiger charge is 2.33. The Labute approximate surface area is 126 Å². The Bertz CT molecular complexity index is 491. The number of hydrogen-bond acceptors (Lipinski definition) is 4. The van der Waals surface area contributed by atoms with Crippen molar-refractivity contribution in [1.29, 1.82) is 0 Å². The predicted molar refractivity (Wildman–Crippen MR) is 78.2 cm³/mol. The molecule has 0 aromatic rings. The van der Waals surface area contributed by atoms with Gasteiger partial charge in [0.2, 0.25) is 15.9 Å². The minimum Gasteiger partial charge on any atom is -0.481 e. The van der Waals surface area contributed by atoms with Crippen LogP contribution in [-0.4, -0.2) is 66.5 Å². The SMILES string of the molecule is CCN(C(=O)C1CCCN(S(C)(=O)=O)C1)C(C)CC(=O)O. The Balaban J connectivity index is 2.78. The number of hydrogen-bond donors (Lipinski definition) is 1. The lowest BCUT2D eigenvalue weighted by Crippen LogP contribution is -2.49. The van der Waals surface area contributed by atoms with E-state index in [0.717, 1.165) is 6.26 Å². The molecule has 2 atom stereocenters. The fourth-order valence-electron chi connectivity index (χ4n) is 2.73. The number of carboxylic acid groups (broad SMARTS) is 1. The highest BCUT2D eigenvalue weighted by Crippen LogP contribution is 2.22. The van der Waals surface area contributed by atoms with Gasteiger partial charge in [0.15, 0.2) is 0 Å². The molecule has 0 bridgehead atoms. The van der Waals surface area contributed by atoms with Crippen molar-refractivity contribution in [2.45, 2.75) is 39.2 Å². The molecular weight excluding hydrogens is 296 g/mol. The van der Waals surface area contributed by atoms with Crippen LogP contribution in [0.4, 0.5) is 0 Å². The summed E-state index contributed by atoms with van der Waals surface area (Å²) in [5.74, 6) is -1.49. The van der Waals surface area contributed by atoms with Gasteiger partial charge in [0, 0.05) is 25.7 Å². The van der Waals surface area contributed by atoms with Crippen LogP contribution in [0.25, 0.3) is 0 Å². The van der Waals surface area contributed by atoms with E-state index in [4.69, 9.17) is 5.11 Å². The van der Waals surface area contributed by atoms with E-state index in [1.807, 2.05) is 0 Å². The van der Waals surface area contributed by atoms with Crippen molar-refractivity contribution in [2.24, 2.45) is 5.92 Å². The first-order chi connectivity index (χ1) is 9.66. The van der Waals surface area contributed by atoms with Crippen molar-refractivity contribution in [2.75, 3.05) is 25.9 Å². The van der Waals surface area contributed by atoms with Crippen LogP contribution >= 0.6 is 0 Å². The number of rotatable bonds is 6. The lowest BCUT2D eigenvalue weighted by molar-refractivity contribution is -0.142. The van der Waals surface area contributed by atoms with Gasteiger partial charge in [-0.15, -0.1) is 0 Å². The van der Waals surface area contributed by atoms with Gasteiger partial charge in [-0.1, -0.05) is 0 Å². The van der Waals surface area contributed by atoms with Crippen LogP contribution < -0.4 is 0 Å². The lowest BCUT2D eigenvalue weighted by atomic mass is 9.97. The Kier molecular flexibility index (Phi) is 6.15. The molecule has 7 nitrogen and oxygen atoms in total. The zero-order valence-corrected chi connectivity index (χ0v) is 13.6. The van der Waals surface area contributed by atoms with Crippen LogP contribution in [0.3, 0.4) is 0 Å². The number of nitrogens with zero attached hydrogens (tertiary/aromatic N) is 2. The third-order valence-corrected chi connectivity index (χ3v) is 5.10. The fraction of sp³-hybridized carbons (Fsp3) is 0.846. The standard InChI is InChI=1S/C13H24N2O5S/c1-4-15(10(2)8-12(16)17)13(18)11-6-5-7-14(9-11)21(3,19)20/h10-11H,4-9H2,1-3H3,(H,16,17). The van der Waals surface area contributed by atoms with E-state index in [-0.39, 0.29) is 24.8 Å². The number of amides is 1. The molecule has 0 aromatic carbocycles. The zero-order chi connectivity index (χ0) is 16.2. The van der Waals surface area contributed by atoms with Crippen molar-refractivity contribution in [3.05, 3.63) is 0 Å². The molecule has 0 spiro atoms. The molecular formula is C13H24N2O5S. The maximum Gasteiger partial charge on any atom is 0.305 e. The Morgan fingerprint density at radius 1 is 1.43 bits per heavy atom. The van der Waals surface area contributed by atoms with Gasteiger partial charge in [0.05, 0.1) is 18.6 Å². The van der Waals surface area contributed by atoms with E-state index < -0.39 is 22.0 Å². The Hall–Kier alpha value is -1.15. The van der Waals surface area contributed by atoms with Crippen LogP contribution in [0, 0.1) is 5.92 Å². The zero-order valence-electron chi connectivity index (χ0n) is 12.8. The smallest absolute Gasteiger partial charge is 0.305 e. The number of carboxylic acids is 1. The molecule has 1 saturated heterocycles. The second-order valence-electron chi connectivity index (χ2n) is 5.53. The molecule has 0 aromatic heterocycles. The summed E-state index contributed by atoms with van der Waals surface area (Å²) in [6, 6.07) is -0.395. The highest BCUT2D eigenvalue weighted by atomic mass is 32.2. The predicted octanol–water partition coefficient (Wildman–Crippen LogP) is 0.370. The monoisotopic (exact) mass is 320 g/mol. The summed E-state index contributed by atoms with van der Waals surface area (Å²) in [6.07, 6.45) is 2.32. The largest absolute Gasteiger partial charge is 0.481 e. The molecule has 2 unspecified atom stereocenters. The average Bonchev–Trinajstić information content (AvgIpc) is 2.37. The Morgan fingerprint density at radius 3 is 2.52 bits per heavy atom. The maximum absolute atomic E-state index is 12.5. The molecule has 0 saturated carbocycles. The summed E-state index contributed by atoms with van der Waals surface area (Å²) in [5.41, 5.74) is 0. The van der Waals surface area contributed by atoms with Crippen LogP contribution in [0.5, 0.6) is 0 Å². The normalized spacial score (nSPS) is 21.8. The van der Waals surface area contributed by atoms with Crippen molar-refractivity contribution >= 4 is 21.9 Å². The fourth-order valence-corrected chi connectivity index (χ4v) is 3.64. The molecule has 0 aliphatic carbocycles. The third kappa shape index (κ3) is 4.96. The van der Waals surface area contributed by atoms with Gasteiger partial charge in [-0.2, -0.15) is 0 Å². The molecule has 1 heterocycles. The number of carbonyl (C=O) groups excluding carboxylic acids is 1. The molecule has 1 fully saturated rings. The summed E-state index contributed by atoms with van der Waals surface area (Å²) >= 11 is 0. The van der Waals surface area contributed by atoms with Crippen LogP contribution in [0.15, 0.2) is 0 Å². The second-order valence-corrected chi connectivity index (χ2v) is 7.51. The van der Waals surface area contributed by atoms with E-state index >= 15 is 0 Å². The van der Waals surface area contributed by atoms with E-state index in [1.54, 1.807) is 13.8 Å². The van der Waals surface area contributed by atoms with E-state index in [2.05, 4.69) is 0 Å². The van der Waals surface area contributed by atoms with Crippen molar-refractivity contribution in [3.63, 3.8) is 0 Å². The number of carbonyl (C=O) groups is 2. The highest BCUT2D eigenvalue weighted by molar-refractivity contribution is 7.88. The Morgan fingerprint density at radius 2 is 2.05 bits per heavy atom. The number of sulfonamides is 1. The van der Waals surface area contributed by atoms with Gasteiger partial charge < -0.3 is 10.0 Å². The molecule has 122 valence electrons. The maximum atomic E-state index is 12.5. The van der Waals surface area contributed by atoms with Crippen LogP contribution in [0.2, 0.25) is 0 Å². The molecule has 0 radical (unpaired) electrons. The summed E-state index contributed by atoms with van der Waals surface area (Å²) in [4.78, 5) is 24.9. The molecule has 1 aliphatic rings. The number of piperidine rings is 1. The summed E-state index contributed by atoms with van der Waals surface area (Å²) in [7, 11) is -3.30. The van der Waals surface area contributed by atoms with Gasteiger partial charge >= 0.3 is 5.97 Å². The topological polar surface area (TPSA) is 95.0 Å². The summed E-state index contributed by atoms with van der Waals surface area (Å²) in [5, 5.41) is 8.84. The van der Waals surface area contributed by atoms with Crippen molar-refractivity contribution in [1.82, 2.24) is 9.21 Å². The molecule has 21 heavy (non-hydrogen) atoms. The molecule has 8 heteroatoms. The minimum absolute atomic E-state index is 0.109. The number of aliphatic carboxylic acids is 1. The summed E-state index contributed by atoms with van der Waals surface area (Å²) < 4.78 is 24.5. The van der Waals surface area contributed by atoms with Gasteiger partial charge in [-0.3, -0.25) is 9.59 Å². The first-order valence-corrected chi connectivity index (χ1v) is 8.99. The van der Waals surface area contributed by atoms with E-state index in [0.29, 0.717) is 25.9 Å². The first-order valence-electron chi connectivity index (χ1n) is 7.14. The third-order valence-electron chi connectivity index (χ3n) is 3.83. The first kappa shape index (κ1) is 17.9. The minimum atomic E-state index is -3.30. The van der Waals surface area contributed by atoms with E-state index in [9.17, 15) is 18.0 Å². The average molecular weight is 320 g/mol. The van der Waals surface area contributed by atoms with Gasteiger partial charge in [-0.05, 0) is 26.7 Å². The molecule has 1 N–H and O–H groups in total. The summed E-state index contributed by atoms with van der Waals surface area (Å²) in [6.45, 7) is 4.55. The molecule has 1 amide bonds. The van der Waals surface area contributed by atoms with Crippen molar-refractivity contribution < 1.29 is 23.1 Å². The quantitative estimate of drug-likeness (QED) is 0.763. The van der Waals surface area contributed by atoms with Gasteiger partial charge in [-0.25, -0.2) is 12.7 Å². The van der Waals surface area contributed by atoms with Gasteiger partial charge in [0.1, 0.15) is 0 Å². The van der Waals surface area contributed by atoms with Crippen LogP contribution in [0.1, 0.15) is 33.1 Å². The van der Waals surface area contributed by atoms with Crippen LogP contribution in [-0.2, 0) is 19.6 Å². The lowest BCUT2D eigenvalue weighted by Gasteiger charge is -2.35. The van der Waals surface area contributed by atoms with Crippen molar-refractivity contribution in [3.8, 4) is 0 Å². The van der Waals surface area contributed by atoms with E-state index in [1.165, 1.54) is 9.21 Å². The molecule has 1 aliphatic heterocycles.